The van der Waals surface area contributed by atoms with Crippen LogP contribution in [0.15, 0.2) is 0 Å². The molecule has 1 heterocycles. The van der Waals surface area contributed by atoms with E-state index in [4.69, 9.17) is 0 Å². The van der Waals surface area contributed by atoms with Gasteiger partial charge in [0.25, 0.3) is 0 Å². The third-order valence-electron chi connectivity index (χ3n) is 1.47. The Balaban J connectivity index is 3.16. The lowest BCUT2D eigenvalue weighted by atomic mass is 10.3. The van der Waals surface area contributed by atoms with Crippen LogP contribution in [0.3, 0.4) is 0 Å². The molecule has 1 aromatic heterocycles. The van der Waals surface area contributed by atoms with Crippen molar-refractivity contribution in [3.05, 3.63) is 11.4 Å². The maximum absolute atomic E-state index is 12.1. The second-order valence-corrected chi connectivity index (χ2v) is 2.32. The third kappa shape index (κ3) is 1.37. The lowest BCUT2D eigenvalue weighted by Gasteiger charge is -2.05. The van der Waals surface area contributed by atoms with Crippen molar-refractivity contribution < 1.29 is 13.2 Å². The van der Waals surface area contributed by atoms with E-state index in [0.717, 1.165) is 0 Å². The minimum absolute atomic E-state index is 0.00231. The number of aromatic nitrogens is 2. The molecule has 0 aliphatic rings. The van der Waals surface area contributed by atoms with Crippen molar-refractivity contribution in [3.8, 4) is 0 Å². The van der Waals surface area contributed by atoms with Crippen molar-refractivity contribution in [2.45, 2.75) is 13.1 Å². The number of nitrogens with one attached hydrogen (secondary N) is 2. The van der Waals surface area contributed by atoms with E-state index in [1.165, 1.54) is 14.0 Å². The molecule has 68 valence electrons. The highest BCUT2D eigenvalue weighted by Crippen LogP contribution is 2.34. The standard InChI is InChI=1S/C6H8F3N3/c1-3-4(10-2)5(12-11-3)6(7,8)9/h10H,1-2H3,(H,11,12). The number of nitrogens with zero attached hydrogens (tertiary/aromatic N) is 1. The summed E-state index contributed by atoms with van der Waals surface area (Å²) < 4.78 is 36.4. The second-order valence-electron chi connectivity index (χ2n) is 2.32. The van der Waals surface area contributed by atoms with Gasteiger partial charge in [-0.2, -0.15) is 18.3 Å². The molecule has 6 heteroatoms. The number of hydrogen-bond acceptors (Lipinski definition) is 2. The predicted molar refractivity (Wildman–Crippen MR) is 37.9 cm³/mol. The van der Waals surface area contributed by atoms with Crippen LogP contribution in [0.1, 0.15) is 11.4 Å². The van der Waals surface area contributed by atoms with Crippen LogP contribution >= 0.6 is 0 Å². The van der Waals surface area contributed by atoms with Gasteiger partial charge in [-0.3, -0.25) is 5.10 Å². The number of alkyl halides is 3. The fourth-order valence-electron chi connectivity index (χ4n) is 0.940. The van der Waals surface area contributed by atoms with Crippen molar-refractivity contribution in [2.24, 2.45) is 0 Å². The first-order valence-electron chi connectivity index (χ1n) is 3.26. The molecular formula is C6H8F3N3. The molecule has 0 saturated heterocycles. The summed E-state index contributed by atoms with van der Waals surface area (Å²) in [5.41, 5.74) is -0.519. The van der Waals surface area contributed by atoms with E-state index in [2.05, 4.69) is 15.5 Å². The van der Waals surface area contributed by atoms with Crippen molar-refractivity contribution in [2.75, 3.05) is 12.4 Å². The van der Waals surface area contributed by atoms with E-state index in [1.54, 1.807) is 0 Å². The summed E-state index contributed by atoms with van der Waals surface area (Å²) in [5, 5.41) is 7.84. The number of H-pyrrole nitrogens is 1. The first kappa shape index (κ1) is 8.89. The highest BCUT2D eigenvalue weighted by atomic mass is 19.4. The Hall–Kier alpha value is -1.20. The van der Waals surface area contributed by atoms with Crippen LogP contribution < -0.4 is 5.32 Å². The maximum atomic E-state index is 12.1. The molecular weight excluding hydrogens is 171 g/mol. The first-order chi connectivity index (χ1) is 5.46. The summed E-state index contributed by atoms with van der Waals surface area (Å²) in [6.07, 6.45) is -4.40. The normalized spacial score (nSPS) is 11.8. The Kier molecular flexibility index (Phi) is 1.99. The number of halogens is 3. The molecule has 0 saturated carbocycles. The van der Waals surface area contributed by atoms with Gasteiger partial charge in [-0.1, -0.05) is 0 Å². The van der Waals surface area contributed by atoms with E-state index < -0.39 is 11.9 Å². The lowest BCUT2D eigenvalue weighted by Crippen LogP contribution is -2.08. The van der Waals surface area contributed by atoms with Crippen molar-refractivity contribution in [1.82, 2.24) is 10.2 Å². The zero-order chi connectivity index (χ0) is 9.35. The monoisotopic (exact) mass is 179 g/mol. The molecule has 0 spiro atoms. The molecule has 3 nitrogen and oxygen atoms in total. The average molecular weight is 179 g/mol. The van der Waals surface area contributed by atoms with Gasteiger partial charge in [-0.25, -0.2) is 0 Å². The topological polar surface area (TPSA) is 40.7 Å². The van der Waals surface area contributed by atoms with Crippen molar-refractivity contribution in [3.63, 3.8) is 0 Å². The number of hydrogen-bond donors (Lipinski definition) is 2. The molecule has 0 atom stereocenters. The Labute approximate surface area is 67.0 Å². The Bertz CT molecular complexity index is 276. The molecule has 0 fully saturated rings. The van der Waals surface area contributed by atoms with Gasteiger partial charge in [-0.05, 0) is 6.92 Å². The minimum atomic E-state index is -4.40. The fraction of sp³-hybridized carbons (Fsp3) is 0.500. The van der Waals surface area contributed by atoms with Crippen LogP contribution in [0.5, 0.6) is 0 Å². The van der Waals surface area contributed by atoms with E-state index in [1.807, 2.05) is 0 Å². The van der Waals surface area contributed by atoms with Crippen LogP contribution in [0.4, 0.5) is 18.9 Å². The summed E-state index contributed by atoms with van der Waals surface area (Å²) in [6, 6.07) is 0. The smallest absolute Gasteiger partial charge is 0.385 e. The number of rotatable bonds is 1. The van der Waals surface area contributed by atoms with Gasteiger partial charge in [0.1, 0.15) is 0 Å². The summed E-state index contributed by atoms with van der Waals surface area (Å²) in [5.74, 6) is 0. The molecule has 0 aliphatic carbocycles. The summed E-state index contributed by atoms with van der Waals surface area (Å²) in [4.78, 5) is 0. The zero-order valence-corrected chi connectivity index (χ0v) is 6.58. The Morgan fingerprint density at radius 1 is 1.42 bits per heavy atom. The second kappa shape index (κ2) is 2.69. The Morgan fingerprint density at radius 2 is 2.00 bits per heavy atom. The highest BCUT2D eigenvalue weighted by molar-refractivity contribution is 5.52. The van der Waals surface area contributed by atoms with Gasteiger partial charge in [0.15, 0.2) is 5.69 Å². The molecule has 0 aromatic carbocycles. The SMILES string of the molecule is CNc1c(C(F)(F)F)n[nH]c1C. The van der Waals surface area contributed by atoms with Gasteiger partial charge in [0.05, 0.1) is 11.4 Å². The summed E-state index contributed by atoms with van der Waals surface area (Å²) in [7, 11) is 1.42. The van der Waals surface area contributed by atoms with Crippen molar-refractivity contribution in [1.29, 1.82) is 0 Å². The number of aryl methyl sites for hydroxylation is 1. The van der Waals surface area contributed by atoms with Crippen LogP contribution in [0.2, 0.25) is 0 Å². The van der Waals surface area contributed by atoms with E-state index in [0.29, 0.717) is 5.69 Å². The van der Waals surface area contributed by atoms with Gasteiger partial charge in [0, 0.05) is 7.05 Å². The van der Waals surface area contributed by atoms with Gasteiger partial charge in [-0.15, -0.1) is 0 Å². The largest absolute Gasteiger partial charge is 0.437 e. The highest BCUT2D eigenvalue weighted by Gasteiger charge is 2.37. The predicted octanol–water partition coefficient (Wildman–Crippen LogP) is 1.78. The molecule has 0 amide bonds. The van der Waals surface area contributed by atoms with Crippen LogP contribution in [0.25, 0.3) is 0 Å². The van der Waals surface area contributed by atoms with Crippen molar-refractivity contribution >= 4 is 5.69 Å². The lowest BCUT2D eigenvalue weighted by molar-refractivity contribution is -0.140. The molecule has 0 aliphatic heterocycles. The summed E-state index contributed by atoms with van der Waals surface area (Å²) in [6.45, 7) is 1.52. The van der Waals surface area contributed by atoms with E-state index in [9.17, 15) is 13.2 Å². The Morgan fingerprint density at radius 3 is 2.33 bits per heavy atom. The minimum Gasteiger partial charge on any atom is -0.385 e. The van der Waals surface area contributed by atoms with E-state index >= 15 is 0 Å². The molecule has 0 unspecified atom stereocenters. The van der Waals surface area contributed by atoms with Crippen LogP contribution in [-0.2, 0) is 6.18 Å². The molecule has 12 heavy (non-hydrogen) atoms. The quantitative estimate of drug-likeness (QED) is 0.689. The summed E-state index contributed by atoms with van der Waals surface area (Å²) >= 11 is 0. The molecule has 1 rings (SSSR count). The molecule has 0 bridgehead atoms. The number of anilines is 1. The van der Waals surface area contributed by atoms with Crippen LogP contribution in [0, 0.1) is 6.92 Å². The average Bonchev–Trinajstić information content (AvgIpc) is 2.29. The van der Waals surface area contributed by atoms with Gasteiger partial charge < -0.3 is 5.32 Å². The molecule has 1 aromatic rings. The molecule has 0 radical (unpaired) electrons. The fourth-order valence-corrected chi connectivity index (χ4v) is 0.940. The van der Waals surface area contributed by atoms with Crippen LogP contribution in [-0.4, -0.2) is 17.2 Å². The third-order valence-corrected chi connectivity index (χ3v) is 1.47. The zero-order valence-electron chi connectivity index (χ0n) is 6.58. The van der Waals surface area contributed by atoms with Gasteiger partial charge >= 0.3 is 6.18 Å². The number of aromatic amines is 1. The van der Waals surface area contributed by atoms with E-state index in [-0.39, 0.29) is 5.69 Å². The van der Waals surface area contributed by atoms with Gasteiger partial charge in [0.2, 0.25) is 0 Å². The first-order valence-corrected chi connectivity index (χ1v) is 3.26. The molecule has 2 N–H and O–H groups in total. The maximum Gasteiger partial charge on any atom is 0.437 e.